The molecule has 1 aromatic heterocycles. The maximum absolute atomic E-state index is 5.28. The first-order valence-electron chi connectivity index (χ1n) is 4.36. The van der Waals surface area contributed by atoms with Crippen molar-refractivity contribution in [2.45, 2.75) is 19.0 Å². The lowest BCUT2D eigenvalue weighted by Crippen LogP contribution is -2.55. The molecule has 2 N–H and O–H groups in total. The van der Waals surface area contributed by atoms with Crippen LogP contribution in [0.3, 0.4) is 0 Å². The van der Waals surface area contributed by atoms with Gasteiger partial charge in [-0.05, 0) is 19.1 Å². The smallest absolute Gasteiger partial charge is 0.120 e. The number of nitrogens with one attached hydrogen (secondary N) is 2. The predicted molar refractivity (Wildman–Crippen MR) is 46.9 cm³/mol. The summed E-state index contributed by atoms with van der Waals surface area (Å²) in [6.45, 7) is 4.27. The van der Waals surface area contributed by atoms with E-state index in [2.05, 4.69) is 17.6 Å². The fraction of sp³-hybridized carbons (Fsp3) is 0.556. The third kappa shape index (κ3) is 1.52. The third-order valence-electron chi connectivity index (χ3n) is 2.24. The predicted octanol–water partition coefficient (Wildman–Crippen LogP) is 0.902. The molecule has 0 unspecified atom stereocenters. The van der Waals surface area contributed by atoms with Crippen molar-refractivity contribution < 1.29 is 4.42 Å². The fourth-order valence-electron chi connectivity index (χ4n) is 1.38. The second-order valence-electron chi connectivity index (χ2n) is 3.26. The molecule has 1 aliphatic rings. The molecule has 66 valence electrons. The normalized spacial score (nSPS) is 20.4. The van der Waals surface area contributed by atoms with Crippen LogP contribution in [-0.4, -0.2) is 19.1 Å². The van der Waals surface area contributed by atoms with Crippen molar-refractivity contribution >= 4 is 0 Å². The summed E-state index contributed by atoms with van der Waals surface area (Å²) in [4.78, 5) is 0. The molecular weight excluding hydrogens is 152 g/mol. The standard InChI is InChI=1S/C9H14N2O/c1-7(9-3-2-4-12-9)11-8-5-10-6-8/h2-4,7-8,10-11H,5-6H2,1H3/t7-/m0/s1. The van der Waals surface area contributed by atoms with E-state index in [4.69, 9.17) is 4.42 Å². The van der Waals surface area contributed by atoms with Crippen molar-refractivity contribution in [3.8, 4) is 0 Å². The number of furan rings is 1. The lowest BCUT2D eigenvalue weighted by atomic mass is 10.1. The van der Waals surface area contributed by atoms with Gasteiger partial charge in [0.15, 0.2) is 0 Å². The van der Waals surface area contributed by atoms with Crippen LogP contribution in [0.15, 0.2) is 22.8 Å². The quantitative estimate of drug-likeness (QED) is 0.700. The van der Waals surface area contributed by atoms with Gasteiger partial charge in [-0.1, -0.05) is 0 Å². The molecule has 3 nitrogen and oxygen atoms in total. The van der Waals surface area contributed by atoms with Crippen LogP contribution in [0.5, 0.6) is 0 Å². The molecule has 2 heterocycles. The maximum Gasteiger partial charge on any atom is 0.120 e. The molecule has 1 aromatic rings. The molecule has 12 heavy (non-hydrogen) atoms. The zero-order valence-electron chi connectivity index (χ0n) is 7.21. The van der Waals surface area contributed by atoms with Gasteiger partial charge in [-0.3, -0.25) is 0 Å². The van der Waals surface area contributed by atoms with Crippen LogP contribution in [0.25, 0.3) is 0 Å². The molecule has 1 saturated heterocycles. The molecule has 0 saturated carbocycles. The minimum atomic E-state index is 0.326. The minimum absolute atomic E-state index is 0.326. The second kappa shape index (κ2) is 3.29. The Balaban J connectivity index is 1.87. The van der Waals surface area contributed by atoms with E-state index in [0.29, 0.717) is 12.1 Å². The van der Waals surface area contributed by atoms with E-state index in [1.54, 1.807) is 6.26 Å². The average Bonchev–Trinajstić information content (AvgIpc) is 2.47. The van der Waals surface area contributed by atoms with E-state index in [1.807, 2.05) is 12.1 Å². The van der Waals surface area contributed by atoms with Gasteiger partial charge in [0.25, 0.3) is 0 Å². The lowest BCUT2D eigenvalue weighted by molar-refractivity contribution is 0.315. The van der Waals surface area contributed by atoms with Crippen molar-refractivity contribution in [3.63, 3.8) is 0 Å². The highest BCUT2D eigenvalue weighted by molar-refractivity contribution is 5.04. The summed E-state index contributed by atoms with van der Waals surface area (Å²) >= 11 is 0. The summed E-state index contributed by atoms with van der Waals surface area (Å²) < 4.78 is 5.28. The molecule has 0 bridgehead atoms. The molecular formula is C9H14N2O. The Morgan fingerprint density at radius 1 is 1.67 bits per heavy atom. The summed E-state index contributed by atoms with van der Waals surface area (Å²) in [6, 6.07) is 4.87. The molecule has 0 radical (unpaired) electrons. The average molecular weight is 166 g/mol. The monoisotopic (exact) mass is 166 g/mol. The number of hydrogen-bond acceptors (Lipinski definition) is 3. The summed E-state index contributed by atoms with van der Waals surface area (Å²) in [6.07, 6.45) is 1.71. The molecule has 1 atom stereocenters. The summed E-state index contributed by atoms with van der Waals surface area (Å²) in [5.41, 5.74) is 0. The second-order valence-corrected chi connectivity index (χ2v) is 3.26. The van der Waals surface area contributed by atoms with Gasteiger partial charge in [0, 0.05) is 19.1 Å². The van der Waals surface area contributed by atoms with Crippen LogP contribution in [-0.2, 0) is 0 Å². The van der Waals surface area contributed by atoms with Gasteiger partial charge >= 0.3 is 0 Å². The Morgan fingerprint density at radius 2 is 2.50 bits per heavy atom. The Hall–Kier alpha value is -0.800. The fourth-order valence-corrected chi connectivity index (χ4v) is 1.38. The minimum Gasteiger partial charge on any atom is -0.468 e. The van der Waals surface area contributed by atoms with Gasteiger partial charge in [0.1, 0.15) is 5.76 Å². The van der Waals surface area contributed by atoms with Crippen molar-refractivity contribution in [2.24, 2.45) is 0 Å². The van der Waals surface area contributed by atoms with E-state index in [0.717, 1.165) is 18.8 Å². The molecule has 0 aromatic carbocycles. The van der Waals surface area contributed by atoms with Crippen LogP contribution in [0.4, 0.5) is 0 Å². The highest BCUT2D eigenvalue weighted by Gasteiger charge is 2.19. The van der Waals surface area contributed by atoms with Crippen LogP contribution in [0.2, 0.25) is 0 Å². The van der Waals surface area contributed by atoms with Crippen molar-refractivity contribution in [1.82, 2.24) is 10.6 Å². The van der Waals surface area contributed by atoms with Crippen LogP contribution in [0, 0.1) is 0 Å². The Kier molecular flexibility index (Phi) is 2.15. The largest absolute Gasteiger partial charge is 0.468 e. The number of rotatable bonds is 3. The molecule has 2 rings (SSSR count). The van der Waals surface area contributed by atoms with Gasteiger partial charge in [-0.2, -0.15) is 0 Å². The van der Waals surface area contributed by atoms with Crippen molar-refractivity contribution in [3.05, 3.63) is 24.2 Å². The molecule has 1 aliphatic heterocycles. The highest BCUT2D eigenvalue weighted by Crippen LogP contribution is 2.13. The van der Waals surface area contributed by atoms with Gasteiger partial charge < -0.3 is 15.1 Å². The van der Waals surface area contributed by atoms with E-state index in [1.165, 1.54) is 0 Å². The van der Waals surface area contributed by atoms with E-state index >= 15 is 0 Å². The zero-order chi connectivity index (χ0) is 8.39. The van der Waals surface area contributed by atoms with Gasteiger partial charge in [0.05, 0.1) is 12.3 Å². The first-order chi connectivity index (χ1) is 5.86. The Labute approximate surface area is 72.1 Å². The topological polar surface area (TPSA) is 37.2 Å². The zero-order valence-corrected chi connectivity index (χ0v) is 7.21. The Bertz CT molecular complexity index is 229. The molecule has 1 fully saturated rings. The Morgan fingerprint density at radius 3 is 3.00 bits per heavy atom. The lowest BCUT2D eigenvalue weighted by Gasteiger charge is -2.30. The van der Waals surface area contributed by atoms with E-state index < -0.39 is 0 Å². The molecule has 0 amide bonds. The molecule has 0 spiro atoms. The van der Waals surface area contributed by atoms with Gasteiger partial charge in [-0.15, -0.1) is 0 Å². The highest BCUT2D eigenvalue weighted by atomic mass is 16.3. The third-order valence-corrected chi connectivity index (χ3v) is 2.24. The van der Waals surface area contributed by atoms with Gasteiger partial charge in [0.2, 0.25) is 0 Å². The van der Waals surface area contributed by atoms with Crippen molar-refractivity contribution in [2.75, 3.05) is 13.1 Å². The molecule has 0 aliphatic carbocycles. The molecule has 3 heteroatoms. The summed E-state index contributed by atoms with van der Waals surface area (Å²) in [7, 11) is 0. The maximum atomic E-state index is 5.28. The van der Waals surface area contributed by atoms with Crippen molar-refractivity contribution in [1.29, 1.82) is 0 Å². The van der Waals surface area contributed by atoms with Crippen LogP contribution in [0.1, 0.15) is 18.7 Å². The van der Waals surface area contributed by atoms with E-state index in [-0.39, 0.29) is 0 Å². The first kappa shape index (κ1) is 7.83. The SMILES string of the molecule is C[C@H](NC1CNC1)c1ccco1. The van der Waals surface area contributed by atoms with Crippen LogP contribution >= 0.6 is 0 Å². The van der Waals surface area contributed by atoms with Gasteiger partial charge in [-0.25, -0.2) is 0 Å². The number of hydrogen-bond donors (Lipinski definition) is 2. The van der Waals surface area contributed by atoms with E-state index in [9.17, 15) is 0 Å². The van der Waals surface area contributed by atoms with Crippen LogP contribution < -0.4 is 10.6 Å². The summed E-state index contributed by atoms with van der Waals surface area (Å²) in [5.74, 6) is 1.02. The summed E-state index contributed by atoms with van der Waals surface area (Å²) in [5, 5.41) is 6.68. The first-order valence-corrected chi connectivity index (χ1v) is 4.36.